The largest absolute Gasteiger partial charge is 0.396 e. The number of unbranched alkanes of at least 4 members (excludes halogenated alkanes) is 1. The van der Waals surface area contributed by atoms with Crippen LogP contribution in [0.4, 0.5) is 0 Å². The molecule has 2 N–H and O–H groups in total. The molecular weight excluding hydrogens is 152 g/mol. The Hall–Kier alpha value is -0.120. The van der Waals surface area contributed by atoms with Crippen molar-refractivity contribution in [1.29, 1.82) is 0 Å². The van der Waals surface area contributed by atoms with Crippen molar-refractivity contribution >= 4 is 0 Å². The highest BCUT2D eigenvalue weighted by Crippen LogP contribution is 2.00. The maximum atomic E-state index is 8.62. The fourth-order valence-electron chi connectivity index (χ4n) is 1.66. The Kier molecular flexibility index (Phi) is 4.58. The summed E-state index contributed by atoms with van der Waals surface area (Å²) < 4.78 is 0. The normalized spacial score (nSPS) is 26.0. The third-order valence-corrected chi connectivity index (χ3v) is 2.34. The van der Waals surface area contributed by atoms with Crippen LogP contribution < -0.4 is 5.32 Å². The topological polar surface area (TPSA) is 35.5 Å². The molecule has 12 heavy (non-hydrogen) atoms. The summed E-state index contributed by atoms with van der Waals surface area (Å²) >= 11 is 0. The van der Waals surface area contributed by atoms with E-state index < -0.39 is 0 Å². The summed E-state index contributed by atoms with van der Waals surface area (Å²) in [6, 6.07) is 0.632. The van der Waals surface area contributed by atoms with Gasteiger partial charge < -0.3 is 15.3 Å². The van der Waals surface area contributed by atoms with Crippen LogP contribution in [0.5, 0.6) is 0 Å². The van der Waals surface area contributed by atoms with E-state index in [9.17, 15) is 0 Å². The van der Waals surface area contributed by atoms with Crippen LogP contribution in [0.15, 0.2) is 0 Å². The molecule has 1 atom stereocenters. The molecule has 0 aromatic rings. The second-order valence-corrected chi connectivity index (χ2v) is 3.59. The molecule has 0 aromatic heterocycles. The fraction of sp³-hybridized carbons (Fsp3) is 1.00. The summed E-state index contributed by atoms with van der Waals surface area (Å²) in [6.45, 7) is 7.13. The number of aliphatic hydroxyl groups is 1. The van der Waals surface area contributed by atoms with Gasteiger partial charge in [-0.05, 0) is 26.3 Å². The van der Waals surface area contributed by atoms with Crippen LogP contribution in [0, 0.1) is 0 Å². The zero-order chi connectivity index (χ0) is 8.81. The predicted molar refractivity (Wildman–Crippen MR) is 50.2 cm³/mol. The molecule has 1 aliphatic heterocycles. The quantitative estimate of drug-likeness (QED) is 0.588. The molecule has 0 aromatic carbocycles. The average Bonchev–Trinajstić information content (AvgIpc) is 2.05. The Labute approximate surface area is 74.8 Å². The molecule has 1 saturated heterocycles. The maximum absolute atomic E-state index is 8.62. The molecule has 0 unspecified atom stereocenters. The lowest BCUT2D eigenvalue weighted by atomic mass is 10.2. The Morgan fingerprint density at radius 1 is 1.50 bits per heavy atom. The Morgan fingerprint density at radius 2 is 2.33 bits per heavy atom. The van der Waals surface area contributed by atoms with Gasteiger partial charge in [-0.3, -0.25) is 0 Å². The number of aliphatic hydroxyl groups excluding tert-OH is 1. The van der Waals surface area contributed by atoms with Gasteiger partial charge in [0.2, 0.25) is 0 Å². The molecule has 1 rings (SSSR count). The monoisotopic (exact) mass is 172 g/mol. The van der Waals surface area contributed by atoms with E-state index in [4.69, 9.17) is 5.11 Å². The molecule has 72 valence electrons. The van der Waals surface area contributed by atoms with Gasteiger partial charge in [-0.1, -0.05) is 0 Å². The lowest BCUT2D eigenvalue weighted by Crippen LogP contribution is -2.49. The van der Waals surface area contributed by atoms with Crippen LogP contribution in [-0.4, -0.2) is 48.8 Å². The van der Waals surface area contributed by atoms with Gasteiger partial charge in [0.1, 0.15) is 0 Å². The first kappa shape index (κ1) is 9.96. The van der Waals surface area contributed by atoms with Crippen LogP contribution >= 0.6 is 0 Å². The van der Waals surface area contributed by atoms with Crippen LogP contribution in [-0.2, 0) is 0 Å². The molecule has 1 heterocycles. The second kappa shape index (κ2) is 5.51. The molecule has 0 radical (unpaired) electrons. The zero-order valence-electron chi connectivity index (χ0n) is 7.92. The lowest BCUT2D eigenvalue weighted by Gasteiger charge is -2.31. The maximum Gasteiger partial charge on any atom is 0.0431 e. The highest BCUT2D eigenvalue weighted by molar-refractivity contribution is 4.74. The number of hydrogen-bond donors (Lipinski definition) is 2. The van der Waals surface area contributed by atoms with Gasteiger partial charge in [0.25, 0.3) is 0 Å². The first-order valence-corrected chi connectivity index (χ1v) is 4.89. The highest BCUT2D eigenvalue weighted by atomic mass is 16.2. The van der Waals surface area contributed by atoms with Gasteiger partial charge in [0.15, 0.2) is 0 Å². The van der Waals surface area contributed by atoms with Crippen molar-refractivity contribution in [3.63, 3.8) is 0 Å². The van der Waals surface area contributed by atoms with Crippen molar-refractivity contribution in [2.24, 2.45) is 0 Å². The van der Waals surface area contributed by atoms with Crippen molar-refractivity contribution in [3.05, 3.63) is 0 Å². The minimum absolute atomic E-state index is 0.335. The van der Waals surface area contributed by atoms with E-state index in [2.05, 4.69) is 17.1 Å². The van der Waals surface area contributed by atoms with Crippen molar-refractivity contribution in [2.75, 3.05) is 32.8 Å². The summed E-state index contributed by atoms with van der Waals surface area (Å²) in [6.07, 6.45) is 2.07. The summed E-state index contributed by atoms with van der Waals surface area (Å²) in [5.74, 6) is 0. The highest BCUT2D eigenvalue weighted by Gasteiger charge is 2.13. The Morgan fingerprint density at radius 3 is 3.00 bits per heavy atom. The molecule has 3 heteroatoms. The van der Waals surface area contributed by atoms with Crippen LogP contribution in [0.1, 0.15) is 19.8 Å². The summed E-state index contributed by atoms with van der Waals surface area (Å²) in [5, 5.41) is 12.0. The van der Waals surface area contributed by atoms with E-state index in [1.165, 1.54) is 0 Å². The SMILES string of the molecule is C[C@H]1CN(CCCCO)CCN1. The van der Waals surface area contributed by atoms with E-state index in [0.717, 1.165) is 39.0 Å². The van der Waals surface area contributed by atoms with E-state index >= 15 is 0 Å². The number of nitrogens with zero attached hydrogens (tertiary/aromatic N) is 1. The lowest BCUT2D eigenvalue weighted by molar-refractivity contribution is 0.195. The first-order chi connectivity index (χ1) is 5.83. The predicted octanol–water partition coefficient (Wildman–Crippen LogP) is 0.0526. The van der Waals surface area contributed by atoms with Gasteiger partial charge in [0.05, 0.1) is 0 Å². The summed E-state index contributed by atoms with van der Waals surface area (Å²) in [4.78, 5) is 2.47. The molecule has 3 nitrogen and oxygen atoms in total. The third-order valence-electron chi connectivity index (χ3n) is 2.34. The molecule has 0 saturated carbocycles. The number of nitrogens with one attached hydrogen (secondary N) is 1. The van der Waals surface area contributed by atoms with E-state index in [1.807, 2.05) is 0 Å². The first-order valence-electron chi connectivity index (χ1n) is 4.89. The van der Waals surface area contributed by atoms with Gasteiger partial charge in [-0.2, -0.15) is 0 Å². The number of hydrogen-bond acceptors (Lipinski definition) is 3. The molecule has 0 bridgehead atoms. The molecule has 1 aliphatic rings. The zero-order valence-corrected chi connectivity index (χ0v) is 7.92. The van der Waals surface area contributed by atoms with Gasteiger partial charge >= 0.3 is 0 Å². The molecular formula is C9H20N2O. The smallest absolute Gasteiger partial charge is 0.0431 e. The van der Waals surface area contributed by atoms with Crippen molar-refractivity contribution in [1.82, 2.24) is 10.2 Å². The summed E-state index contributed by atoms with van der Waals surface area (Å²) in [5.41, 5.74) is 0. The summed E-state index contributed by atoms with van der Waals surface area (Å²) in [7, 11) is 0. The van der Waals surface area contributed by atoms with Crippen molar-refractivity contribution < 1.29 is 5.11 Å². The van der Waals surface area contributed by atoms with Crippen LogP contribution in [0.25, 0.3) is 0 Å². The Bertz CT molecular complexity index is 119. The van der Waals surface area contributed by atoms with Crippen molar-refractivity contribution in [3.8, 4) is 0 Å². The fourth-order valence-corrected chi connectivity index (χ4v) is 1.66. The second-order valence-electron chi connectivity index (χ2n) is 3.59. The van der Waals surface area contributed by atoms with E-state index in [1.54, 1.807) is 0 Å². The van der Waals surface area contributed by atoms with E-state index in [0.29, 0.717) is 12.6 Å². The van der Waals surface area contributed by atoms with Gasteiger partial charge in [-0.15, -0.1) is 0 Å². The number of rotatable bonds is 4. The molecule has 0 amide bonds. The van der Waals surface area contributed by atoms with E-state index in [-0.39, 0.29) is 0 Å². The third kappa shape index (κ3) is 3.52. The molecule has 0 aliphatic carbocycles. The van der Waals surface area contributed by atoms with Gasteiger partial charge in [-0.25, -0.2) is 0 Å². The van der Waals surface area contributed by atoms with Crippen molar-refractivity contribution in [2.45, 2.75) is 25.8 Å². The van der Waals surface area contributed by atoms with Gasteiger partial charge in [0, 0.05) is 32.3 Å². The standard InChI is InChI=1S/C9H20N2O/c1-9-8-11(6-4-10-9)5-2-3-7-12/h9-10,12H,2-8H2,1H3/t9-/m0/s1. The average molecular weight is 172 g/mol. The van der Waals surface area contributed by atoms with Crippen LogP contribution in [0.2, 0.25) is 0 Å². The minimum Gasteiger partial charge on any atom is -0.396 e. The van der Waals surface area contributed by atoms with Crippen LogP contribution in [0.3, 0.4) is 0 Å². The Balaban J connectivity index is 2.06. The molecule has 1 fully saturated rings. The number of piperazine rings is 1. The minimum atomic E-state index is 0.335. The molecule has 0 spiro atoms.